The molecule has 8 heteroatoms. The van der Waals surface area contributed by atoms with Crippen LogP contribution >= 0.6 is 0 Å². The Labute approximate surface area is 171 Å². The molecule has 0 radical (unpaired) electrons. The summed E-state index contributed by atoms with van der Waals surface area (Å²) in [6.45, 7) is 1.05. The van der Waals surface area contributed by atoms with E-state index in [9.17, 15) is 14.7 Å². The molecule has 0 bridgehead atoms. The Balaban J connectivity index is 1.66. The molecule has 3 atom stereocenters. The Hall–Kier alpha value is -2.74. The van der Waals surface area contributed by atoms with Crippen LogP contribution in [0, 0.1) is 23.5 Å². The predicted molar refractivity (Wildman–Crippen MR) is 109 cm³/mol. The maximum Gasteiger partial charge on any atom is 0.341 e. The minimum Gasteiger partial charge on any atom is -0.477 e. The molecule has 3 aliphatic rings. The van der Waals surface area contributed by atoms with Gasteiger partial charge in [-0.3, -0.25) is 4.79 Å². The number of pyridine rings is 1. The number of benzene rings is 1. The molecule has 1 aromatic carbocycles. The average Bonchev–Trinajstić information content (AvgIpc) is 3.46. The molecular weight excluding hydrogens is 392 g/mol. The van der Waals surface area contributed by atoms with Crippen LogP contribution < -0.4 is 15.6 Å². The van der Waals surface area contributed by atoms with E-state index in [0.29, 0.717) is 19.0 Å². The number of nitrogens with one attached hydrogen (secondary N) is 1. The van der Waals surface area contributed by atoms with Crippen molar-refractivity contribution in [2.75, 3.05) is 25.0 Å². The third kappa shape index (κ3) is 2.85. The number of likely N-dealkylation sites (N-methyl/N-ethyl adjacent to an activating group) is 1. The number of nitrogens with zero attached hydrogens (tertiary/aromatic N) is 2. The van der Waals surface area contributed by atoms with Gasteiger partial charge in [-0.25, -0.2) is 13.6 Å². The second-order valence-electron chi connectivity index (χ2n) is 8.54. The molecule has 2 heterocycles. The molecule has 0 unspecified atom stereocenters. The number of rotatable bonds is 4. The second kappa shape index (κ2) is 6.91. The summed E-state index contributed by atoms with van der Waals surface area (Å²) in [6.07, 6.45) is 7.83. The van der Waals surface area contributed by atoms with Crippen LogP contribution in [-0.2, 0) is 0 Å². The van der Waals surface area contributed by atoms with Crippen molar-refractivity contribution in [3.63, 3.8) is 0 Å². The standard InChI is InChI=1S/C22H23F2N3O3/c1-25-17-4-2-3-11-8-26(9-14(11)17)20-16(23)7-13-19(18(20)24)27(12-5-6-12)10-15(21(13)28)22(29)30/h2,4,7,10-12,14,17,25H,3,5-6,8-9H2,1H3,(H,29,30)/t11-,14+,17-/m1/s1. The lowest BCUT2D eigenvalue weighted by atomic mass is 9.82. The van der Waals surface area contributed by atoms with Gasteiger partial charge in [0.2, 0.25) is 5.43 Å². The highest BCUT2D eigenvalue weighted by Gasteiger charge is 2.40. The van der Waals surface area contributed by atoms with Crippen LogP contribution in [0.2, 0.25) is 0 Å². The van der Waals surface area contributed by atoms with E-state index in [2.05, 4.69) is 17.5 Å². The van der Waals surface area contributed by atoms with Crippen molar-refractivity contribution >= 4 is 22.6 Å². The Morgan fingerprint density at radius 1 is 1.27 bits per heavy atom. The third-order valence-corrected chi connectivity index (χ3v) is 6.74. The maximum absolute atomic E-state index is 15.8. The van der Waals surface area contributed by atoms with Crippen LogP contribution in [0.5, 0.6) is 0 Å². The number of hydrogen-bond donors (Lipinski definition) is 2. The van der Waals surface area contributed by atoms with E-state index in [4.69, 9.17) is 0 Å². The molecule has 1 aliphatic heterocycles. The first kappa shape index (κ1) is 19.2. The highest BCUT2D eigenvalue weighted by molar-refractivity contribution is 5.94. The van der Waals surface area contributed by atoms with Gasteiger partial charge in [0, 0.05) is 37.3 Å². The number of carboxylic acids is 1. The monoisotopic (exact) mass is 415 g/mol. The van der Waals surface area contributed by atoms with E-state index in [1.54, 1.807) is 4.90 Å². The summed E-state index contributed by atoms with van der Waals surface area (Å²) in [4.78, 5) is 25.9. The minimum atomic E-state index is -1.39. The number of carbonyl (C=O) groups is 1. The number of aromatic carboxylic acids is 1. The smallest absolute Gasteiger partial charge is 0.341 e. The third-order valence-electron chi connectivity index (χ3n) is 6.74. The van der Waals surface area contributed by atoms with E-state index < -0.39 is 28.6 Å². The fraction of sp³-hybridized carbons (Fsp3) is 0.455. The molecule has 2 aromatic rings. The predicted octanol–water partition coefficient (Wildman–Crippen LogP) is 2.91. The van der Waals surface area contributed by atoms with Gasteiger partial charge in [-0.1, -0.05) is 12.2 Å². The Bertz CT molecular complexity index is 1140. The zero-order valence-corrected chi connectivity index (χ0v) is 16.6. The van der Waals surface area contributed by atoms with Crippen LogP contribution in [-0.4, -0.2) is 41.8 Å². The van der Waals surface area contributed by atoms with Crippen LogP contribution in [0.25, 0.3) is 10.9 Å². The number of carboxylic acid groups (broad SMARTS) is 1. The molecule has 1 saturated heterocycles. The molecule has 6 nitrogen and oxygen atoms in total. The Kier molecular flexibility index (Phi) is 4.43. The molecular formula is C22H23F2N3O3. The molecule has 2 aliphatic carbocycles. The number of halogens is 2. The van der Waals surface area contributed by atoms with Crippen LogP contribution in [0.3, 0.4) is 0 Å². The highest BCUT2D eigenvalue weighted by atomic mass is 19.1. The van der Waals surface area contributed by atoms with Crippen LogP contribution in [0.1, 0.15) is 35.7 Å². The Morgan fingerprint density at radius 3 is 2.70 bits per heavy atom. The molecule has 158 valence electrons. The SMILES string of the molecule is CN[C@@H]1C=CC[C@@H]2CN(c3c(F)cc4c(=O)c(C(=O)O)cn(C5CC5)c4c3F)C[C@@H]21. The van der Waals surface area contributed by atoms with E-state index in [-0.39, 0.29) is 34.6 Å². The normalized spacial score (nSPS) is 25.7. The summed E-state index contributed by atoms with van der Waals surface area (Å²) < 4.78 is 32.4. The molecule has 1 aromatic heterocycles. The number of aromatic nitrogens is 1. The maximum atomic E-state index is 15.8. The minimum absolute atomic E-state index is 0.00191. The zero-order chi connectivity index (χ0) is 21.2. The van der Waals surface area contributed by atoms with Gasteiger partial charge in [0.1, 0.15) is 17.1 Å². The fourth-order valence-corrected chi connectivity index (χ4v) is 5.10. The summed E-state index contributed by atoms with van der Waals surface area (Å²) in [7, 11) is 1.88. The highest BCUT2D eigenvalue weighted by Crippen LogP contribution is 2.42. The van der Waals surface area contributed by atoms with Gasteiger partial charge in [-0.05, 0) is 38.3 Å². The van der Waals surface area contributed by atoms with Gasteiger partial charge in [0.15, 0.2) is 5.82 Å². The molecule has 0 amide bonds. The second-order valence-corrected chi connectivity index (χ2v) is 8.54. The van der Waals surface area contributed by atoms with E-state index in [0.717, 1.165) is 25.3 Å². The first-order valence-electron chi connectivity index (χ1n) is 10.3. The number of anilines is 1. The lowest BCUT2D eigenvalue weighted by Crippen LogP contribution is -2.38. The van der Waals surface area contributed by atoms with Crippen molar-refractivity contribution in [3.8, 4) is 0 Å². The quantitative estimate of drug-likeness (QED) is 0.752. The average molecular weight is 415 g/mol. The van der Waals surface area contributed by atoms with Crippen LogP contribution in [0.15, 0.2) is 29.2 Å². The summed E-state index contributed by atoms with van der Waals surface area (Å²) in [5.74, 6) is -2.46. The summed E-state index contributed by atoms with van der Waals surface area (Å²) >= 11 is 0. The largest absolute Gasteiger partial charge is 0.477 e. The van der Waals surface area contributed by atoms with Crippen molar-refractivity contribution in [1.29, 1.82) is 0 Å². The van der Waals surface area contributed by atoms with Crippen LogP contribution in [0.4, 0.5) is 14.5 Å². The lowest BCUT2D eigenvalue weighted by Gasteiger charge is -2.28. The van der Waals surface area contributed by atoms with Crippen molar-refractivity contribution in [3.05, 3.63) is 51.8 Å². The molecule has 2 fully saturated rings. The number of fused-ring (bicyclic) bond motifs is 2. The molecule has 0 spiro atoms. The summed E-state index contributed by atoms with van der Waals surface area (Å²) in [5, 5.41) is 12.4. The van der Waals surface area contributed by atoms with Crippen molar-refractivity contribution in [1.82, 2.24) is 9.88 Å². The van der Waals surface area contributed by atoms with Crippen molar-refractivity contribution < 1.29 is 18.7 Å². The first-order chi connectivity index (χ1) is 14.4. The van der Waals surface area contributed by atoms with E-state index in [1.165, 1.54) is 10.8 Å². The van der Waals surface area contributed by atoms with Gasteiger partial charge in [-0.15, -0.1) is 0 Å². The van der Waals surface area contributed by atoms with Gasteiger partial charge in [0.25, 0.3) is 0 Å². The molecule has 2 N–H and O–H groups in total. The molecule has 1 saturated carbocycles. The molecule has 5 rings (SSSR count). The lowest BCUT2D eigenvalue weighted by molar-refractivity contribution is 0.0695. The Morgan fingerprint density at radius 2 is 2.03 bits per heavy atom. The van der Waals surface area contributed by atoms with Gasteiger partial charge < -0.3 is 19.9 Å². The molecule has 30 heavy (non-hydrogen) atoms. The van der Waals surface area contributed by atoms with Gasteiger partial charge >= 0.3 is 5.97 Å². The van der Waals surface area contributed by atoms with E-state index in [1.807, 2.05) is 7.05 Å². The van der Waals surface area contributed by atoms with Gasteiger partial charge in [-0.2, -0.15) is 0 Å². The fourth-order valence-electron chi connectivity index (χ4n) is 5.10. The van der Waals surface area contributed by atoms with Crippen molar-refractivity contribution in [2.24, 2.45) is 11.8 Å². The van der Waals surface area contributed by atoms with Crippen molar-refractivity contribution in [2.45, 2.75) is 31.3 Å². The van der Waals surface area contributed by atoms with E-state index >= 15 is 8.78 Å². The van der Waals surface area contributed by atoms with Gasteiger partial charge in [0.05, 0.1) is 10.9 Å². The summed E-state index contributed by atoms with van der Waals surface area (Å²) in [5.41, 5.74) is -1.44. The first-order valence-corrected chi connectivity index (χ1v) is 10.3. The number of allylic oxidation sites excluding steroid dienone is 1. The zero-order valence-electron chi connectivity index (χ0n) is 16.6. The summed E-state index contributed by atoms with van der Waals surface area (Å²) in [6, 6.07) is 1.10. The topological polar surface area (TPSA) is 74.6 Å². The number of hydrogen-bond acceptors (Lipinski definition) is 4.